The number of benzene rings is 1. The molecule has 0 aliphatic carbocycles. The highest BCUT2D eigenvalue weighted by atomic mass is 79.9. The molecule has 3 rings (SSSR count). The third-order valence-corrected chi connectivity index (χ3v) is 2.88. The zero-order valence-electron chi connectivity index (χ0n) is 9.11. The molecule has 2 aromatic rings. The molecule has 1 aliphatic rings. The van der Waals surface area contributed by atoms with Gasteiger partial charge in [0.05, 0.1) is 0 Å². The number of anilines is 2. The number of aromatic nitrogens is 1. The van der Waals surface area contributed by atoms with Crippen LogP contribution in [0.15, 0.2) is 34.9 Å². The lowest BCUT2D eigenvalue weighted by Gasteiger charge is -2.07. The molecule has 0 fully saturated rings. The van der Waals surface area contributed by atoms with Crippen molar-refractivity contribution >= 4 is 27.4 Å². The summed E-state index contributed by atoms with van der Waals surface area (Å²) < 4.78 is 24.6. The van der Waals surface area contributed by atoms with Crippen molar-refractivity contribution in [2.24, 2.45) is 0 Å². The maximum atomic E-state index is 13.6. The smallest absolute Gasteiger partial charge is 0.231 e. The molecule has 0 atom stereocenters. The first-order chi connectivity index (χ1) is 8.72. The van der Waals surface area contributed by atoms with Crippen LogP contribution in [-0.2, 0) is 0 Å². The Labute approximate surface area is 111 Å². The van der Waals surface area contributed by atoms with Gasteiger partial charge >= 0.3 is 0 Å². The summed E-state index contributed by atoms with van der Waals surface area (Å²) in [6, 6.07) is 6.63. The average molecular weight is 311 g/mol. The Balaban J connectivity index is 1.88. The van der Waals surface area contributed by atoms with Gasteiger partial charge in [0.25, 0.3) is 0 Å². The van der Waals surface area contributed by atoms with Gasteiger partial charge in [0.15, 0.2) is 23.1 Å². The first kappa shape index (κ1) is 11.3. The lowest BCUT2D eigenvalue weighted by molar-refractivity contribution is 0.174. The standard InChI is InChI=1S/C12H8BrFN2O2/c13-7-3-9(14)12(15-5-7)16-8-1-2-10-11(4-8)18-6-17-10/h1-5H,6H2,(H,15,16). The van der Waals surface area contributed by atoms with Gasteiger partial charge in [-0.1, -0.05) is 0 Å². The highest BCUT2D eigenvalue weighted by molar-refractivity contribution is 9.10. The van der Waals surface area contributed by atoms with E-state index in [-0.39, 0.29) is 12.6 Å². The van der Waals surface area contributed by atoms with Gasteiger partial charge in [-0.3, -0.25) is 0 Å². The molecule has 4 nitrogen and oxygen atoms in total. The van der Waals surface area contributed by atoms with Crippen LogP contribution in [0.3, 0.4) is 0 Å². The lowest BCUT2D eigenvalue weighted by atomic mass is 10.2. The second kappa shape index (κ2) is 4.45. The number of nitrogens with zero attached hydrogens (tertiary/aromatic N) is 1. The van der Waals surface area contributed by atoms with Crippen molar-refractivity contribution in [1.29, 1.82) is 0 Å². The third kappa shape index (κ3) is 2.11. The molecule has 0 radical (unpaired) electrons. The molecule has 0 saturated heterocycles. The van der Waals surface area contributed by atoms with E-state index in [0.717, 1.165) is 0 Å². The molecule has 6 heteroatoms. The van der Waals surface area contributed by atoms with Crippen LogP contribution in [0.1, 0.15) is 0 Å². The van der Waals surface area contributed by atoms with E-state index in [4.69, 9.17) is 9.47 Å². The zero-order valence-corrected chi connectivity index (χ0v) is 10.7. The molecule has 1 aromatic carbocycles. The maximum absolute atomic E-state index is 13.6. The summed E-state index contributed by atoms with van der Waals surface area (Å²) in [6.07, 6.45) is 1.53. The second-order valence-corrected chi connectivity index (χ2v) is 4.59. The van der Waals surface area contributed by atoms with E-state index < -0.39 is 5.82 Å². The monoisotopic (exact) mass is 310 g/mol. The maximum Gasteiger partial charge on any atom is 0.231 e. The summed E-state index contributed by atoms with van der Waals surface area (Å²) in [5.41, 5.74) is 0.688. The topological polar surface area (TPSA) is 43.4 Å². The van der Waals surface area contributed by atoms with Crippen LogP contribution in [0, 0.1) is 5.82 Å². The summed E-state index contributed by atoms with van der Waals surface area (Å²) in [5, 5.41) is 2.89. The summed E-state index contributed by atoms with van der Waals surface area (Å²) >= 11 is 3.16. The van der Waals surface area contributed by atoms with Gasteiger partial charge < -0.3 is 14.8 Å². The van der Waals surface area contributed by atoms with Gasteiger partial charge in [0.2, 0.25) is 6.79 Å². The minimum absolute atomic E-state index is 0.164. The number of hydrogen-bond donors (Lipinski definition) is 1. The molecule has 92 valence electrons. The van der Waals surface area contributed by atoms with E-state index in [0.29, 0.717) is 21.7 Å². The largest absolute Gasteiger partial charge is 0.454 e. The van der Waals surface area contributed by atoms with Crippen molar-refractivity contribution in [3.8, 4) is 11.5 Å². The van der Waals surface area contributed by atoms with E-state index in [1.54, 1.807) is 18.2 Å². The van der Waals surface area contributed by atoms with E-state index in [9.17, 15) is 4.39 Å². The zero-order chi connectivity index (χ0) is 12.5. The SMILES string of the molecule is Fc1cc(Br)cnc1Nc1ccc2c(c1)OCO2. The van der Waals surface area contributed by atoms with Gasteiger partial charge in [-0.15, -0.1) is 0 Å². The molecule has 2 heterocycles. The van der Waals surface area contributed by atoms with Crippen molar-refractivity contribution in [1.82, 2.24) is 4.98 Å². The number of fused-ring (bicyclic) bond motifs is 1. The van der Waals surface area contributed by atoms with Crippen LogP contribution in [0.5, 0.6) is 11.5 Å². The van der Waals surface area contributed by atoms with Gasteiger partial charge in [0.1, 0.15) is 0 Å². The first-order valence-corrected chi connectivity index (χ1v) is 5.99. The minimum Gasteiger partial charge on any atom is -0.454 e. The Hall–Kier alpha value is -1.82. The fraction of sp³-hybridized carbons (Fsp3) is 0.0833. The van der Waals surface area contributed by atoms with Crippen molar-refractivity contribution in [2.75, 3.05) is 12.1 Å². The predicted octanol–water partition coefficient (Wildman–Crippen LogP) is 3.46. The summed E-state index contributed by atoms with van der Waals surface area (Å²) in [6.45, 7) is 0.212. The van der Waals surface area contributed by atoms with Gasteiger partial charge in [-0.25, -0.2) is 9.37 Å². The predicted molar refractivity (Wildman–Crippen MR) is 67.7 cm³/mol. The number of pyridine rings is 1. The van der Waals surface area contributed by atoms with Crippen LogP contribution >= 0.6 is 15.9 Å². The van der Waals surface area contributed by atoms with Crippen molar-refractivity contribution < 1.29 is 13.9 Å². The molecule has 1 aromatic heterocycles. The highest BCUT2D eigenvalue weighted by Crippen LogP contribution is 2.35. The number of hydrogen-bond acceptors (Lipinski definition) is 4. The molecule has 1 N–H and O–H groups in total. The Kier molecular flexibility index (Phi) is 2.79. The van der Waals surface area contributed by atoms with Crippen LogP contribution < -0.4 is 14.8 Å². The van der Waals surface area contributed by atoms with Crippen molar-refractivity contribution in [3.63, 3.8) is 0 Å². The fourth-order valence-electron chi connectivity index (χ4n) is 1.62. The van der Waals surface area contributed by atoms with Crippen molar-refractivity contribution in [2.45, 2.75) is 0 Å². The quantitative estimate of drug-likeness (QED) is 0.922. The summed E-state index contributed by atoms with van der Waals surface area (Å²) in [7, 11) is 0. The van der Waals surface area contributed by atoms with Gasteiger partial charge in [0, 0.05) is 22.4 Å². The second-order valence-electron chi connectivity index (χ2n) is 3.68. The van der Waals surface area contributed by atoms with Crippen LogP contribution in [0.2, 0.25) is 0 Å². The molecule has 0 unspecified atom stereocenters. The van der Waals surface area contributed by atoms with Crippen LogP contribution in [-0.4, -0.2) is 11.8 Å². The van der Waals surface area contributed by atoms with E-state index in [1.807, 2.05) is 0 Å². The lowest BCUT2D eigenvalue weighted by Crippen LogP contribution is -1.96. The van der Waals surface area contributed by atoms with Gasteiger partial charge in [-0.2, -0.15) is 0 Å². The Bertz CT molecular complexity index is 607. The number of nitrogens with one attached hydrogen (secondary N) is 1. The van der Waals surface area contributed by atoms with E-state index >= 15 is 0 Å². The number of ether oxygens (including phenoxy) is 2. The Morgan fingerprint density at radius 3 is 2.89 bits per heavy atom. The highest BCUT2D eigenvalue weighted by Gasteiger charge is 2.14. The van der Waals surface area contributed by atoms with Crippen LogP contribution in [0.25, 0.3) is 0 Å². The first-order valence-electron chi connectivity index (χ1n) is 5.20. The molecular formula is C12H8BrFN2O2. The summed E-state index contributed by atoms with van der Waals surface area (Å²) in [5.74, 6) is 1.06. The molecule has 18 heavy (non-hydrogen) atoms. The Morgan fingerprint density at radius 2 is 2.06 bits per heavy atom. The average Bonchev–Trinajstić information content (AvgIpc) is 2.80. The van der Waals surface area contributed by atoms with Crippen LogP contribution in [0.4, 0.5) is 15.9 Å². The molecule has 0 spiro atoms. The number of halogens is 2. The van der Waals surface area contributed by atoms with Crippen molar-refractivity contribution in [3.05, 3.63) is 40.8 Å². The van der Waals surface area contributed by atoms with E-state index in [1.165, 1.54) is 12.3 Å². The number of rotatable bonds is 2. The third-order valence-electron chi connectivity index (χ3n) is 2.44. The molecular weight excluding hydrogens is 303 g/mol. The normalized spacial score (nSPS) is 12.6. The molecule has 0 saturated carbocycles. The minimum atomic E-state index is -0.429. The van der Waals surface area contributed by atoms with Gasteiger partial charge in [-0.05, 0) is 34.1 Å². The van der Waals surface area contributed by atoms with E-state index in [2.05, 4.69) is 26.2 Å². The molecule has 0 bridgehead atoms. The fourth-order valence-corrected chi connectivity index (χ4v) is 1.92. The molecule has 0 amide bonds. The molecule has 1 aliphatic heterocycles. The summed E-state index contributed by atoms with van der Waals surface area (Å²) in [4.78, 5) is 3.96. The Morgan fingerprint density at radius 1 is 1.22 bits per heavy atom.